The van der Waals surface area contributed by atoms with Crippen LogP contribution in [0.25, 0.3) is 0 Å². The second-order valence-electron chi connectivity index (χ2n) is 5.20. The van der Waals surface area contributed by atoms with E-state index in [1.165, 1.54) is 0 Å². The lowest BCUT2D eigenvalue weighted by molar-refractivity contribution is 0.111. The van der Waals surface area contributed by atoms with Crippen LogP contribution >= 0.6 is 11.6 Å². The van der Waals surface area contributed by atoms with Crippen LogP contribution in [-0.4, -0.2) is 33.8 Å². The van der Waals surface area contributed by atoms with Crippen molar-refractivity contribution in [2.75, 3.05) is 33.2 Å². The molecular weight excluding hydrogens is 342 g/mol. The first-order chi connectivity index (χ1) is 12.1. The molecule has 2 rings (SSSR count). The molecule has 0 radical (unpaired) electrons. The lowest BCUT2D eigenvalue weighted by atomic mass is 10.1. The number of aliphatic imine (C=N–C) groups is 1. The minimum atomic E-state index is -0.232. The number of hydrogen-bond donors (Lipinski definition) is 2. The van der Waals surface area contributed by atoms with Gasteiger partial charge in [0.15, 0.2) is 17.5 Å². The minimum Gasteiger partial charge on any atom is -0.493 e. The first-order valence-electron chi connectivity index (χ1n) is 7.64. The van der Waals surface area contributed by atoms with Crippen molar-refractivity contribution in [1.82, 2.24) is 0 Å². The van der Waals surface area contributed by atoms with Crippen LogP contribution in [0.15, 0.2) is 47.5 Å². The average Bonchev–Trinajstić information content (AvgIpc) is 2.62. The molecule has 25 heavy (non-hydrogen) atoms. The van der Waals surface area contributed by atoms with E-state index in [1.807, 2.05) is 30.3 Å². The topological polar surface area (TPSA) is 78.1 Å². The molecule has 0 aliphatic heterocycles. The van der Waals surface area contributed by atoms with Crippen molar-refractivity contribution in [3.8, 4) is 11.5 Å². The van der Waals surface area contributed by atoms with Crippen molar-refractivity contribution < 1.29 is 14.2 Å². The summed E-state index contributed by atoms with van der Waals surface area (Å²) < 4.78 is 15.9. The largest absolute Gasteiger partial charge is 0.493 e. The summed E-state index contributed by atoms with van der Waals surface area (Å²) in [5.41, 5.74) is 7.65. The molecule has 0 aliphatic carbocycles. The zero-order chi connectivity index (χ0) is 18.2. The van der Waals surface area contributed by atoms with Crippen molar-refractivity contribution >= 4 is 23.2 Å². The molecular formula is C18H22ClN3O3. The maximum Gasteiger partial charge on any atom is 0.193 e. The summed E-state index contributed by atoms with van der Waals surface area (Å²) in [4.78, 5) is 4.34. The van der Waals surface area contributed by atoms with Gasteiger partial charge < -0.3 is 25.3 Å². The van der Waals surface area contributed by atoms with Gasteiger partial charge in [-0.1, -0.05) is 23.7 Å². The number of halogens is 1. The number of nitrogens with zero attached hydrogens (tertiary/aromatic N) is 1. The minimum absolute atomic E-state index is 0.232. The average molecular weight is 364 g/mol. The van der Waals surface area contributed by atoms with Crippen molar-refractivity contribution in [2.45, 2.75) is 6.10 Å². The van der Waals surface area contributed by atoms with Crippen LogP contribution < -0.4 is 20.5 Å². The number of methoxy groups -OCH3 is 3. The van der Waals surface area contributed by atoms with Gasteiger partial charge in [-0.25, -0.2) is 0 Å². The summed E-state index contributed by atoms with van der Waals surface area (Å²) >= 11 is 6.02. The molecule has 1 atom stereocenters. The molecule has 3 N–H and O–H groups in total. The monoisotopic (exact) mass is 363 g/mol. The zero-order valence-corrected chi connectivity index (χ0v) is 15.2. The summed E-state index contributed by atoms with van der Waals surface area (Å²) in [5, 5.41) is 3.67. The van der Waals surface area contributed by atoms with Crippen LogP contribution in [0.4, 0.5) is 5.69 Å². The number of nitrogens with one attached hydrogen (secondary N) is 1. The highest BCUT2D eigenvalue weighted by Crippen LogP contribution is 2.29. The summed E-state index contributed by atoms with van der Waals surface area (Å²) in [6.45, 7) is 0.364. The predicted octanol–water partition coefficient (Wildman–Crippen LogP) is 3.47. The van der Waals surface area contributed by atoms with E-state index in [9.17, 15) is 0 Å². The van der Waals surface area contributed by atoms with E-state index in [4.69, 9.17) is 31.5 Å². The smallest absolute Gasteiger partial charge is 0.193 e. The second-order valence-corrected chi connectivity index (χ2v) is 5.64. The van der Waals surface area contributed by atoms with E-state index < -0.39 is 0 Å². The first kappa shape index (κ1) is 18.9. The lowest BCUT2D eigenvalue weighted by Gasteiger charge is -2.15. The van der Waals surface area contributed by atoms with Gasteiger partial charge in [0.05, 0.1) is 20.8 Å². The third-order valence-electron chi connectivity index (χ3n) is 3.59. The van der Waals surface area contributed by atoms with E-state index in [0.717, 1.165) is 11.3 Å². The molecule has 0 bridgehead atoms. The zero-order valence-electron chi connectivity index (χ0n) is 14.5. The molecule has 0 heterocycles. The van der Waals surface area contributed by atoms with Gasteiger partial charge >= 0.3 is 0 Å². The number of benzene rings is 2. The van der Waals surface area contributed by atoms with Crippen molar-refractivity contribution in [1.29, 1.82) is 0 Å². The summed E-state index contributed by atoms with van der Waals surface area (Å²) in [7, 11) is 4.79. The highest BCUT2D eigenvalue weighted by atomic mass is 35.5. The number of guanidine groups is 1. The summed E-state index contributed by atoms with van der Waals surface area (Å²) in [5.74, 6) is 1.52. The molecule has 0 spiro atoms. The number of rotatable bonds is 7. The SMILES string of the molecule is COc1ccc(NC(N)=NCC(OC)c2cccc(Cl)c2)cc1OC. The van der Waals surface area contributed by atoms with E-state index >= 15 is 0 Å². The van der Waals surface area contributed by atoms with Gasteiger partial charge in [0.2, 0.25) is 0 Å². The van der Waals surface area contributed by atoms with E-state index in [-0.39, 0.29) is 12.1 Å². The Kier molecular flexibility index (Phi) is 6.91. The van der Waals surface area contributed by atoms with Crippen LogP contribution in [0.2, 0.25) is 5.02 Å². The molecule has 2 aromatic carbocycles. The Balaban J connectivity index is 2.05. The highest BCUT2D eigenvalue weighted by Gasteiger charge is 2.11. The Morgan fingerprint density at radius 1 is 1.12 bits per heavy atom. The lowest BCUT2D eigenvalue weighted by Crippen LogP contribution is -2.24. The van der Waals surface area contributed by atoms with E-state index in [2.05, 4.69) is 10.3 Å². The third-order valence-corrected chi connectivity index (χ3v) is 3.82. The molecule has 1 unspecified atom stereocenters. The third kappa shape index (κ3) is 5.27. The molecule has 0 fully saturated rings. The molecule has 0 saturated carbocycles. The maximum atomic E-state index is 6.02. The molecule has 0 aliphatic rings. The fourth-order valence-corrected chi connectivity index (χ4v) is 2.50. The van der Waals surface area contributed by atoms with Crippen molar-refractivity contribution in [3.05, 3.63) is 53.1 Å². The van der Waals surface area contributed by atoms with Crippen LogP contribution in [0.1, 0.15) is 11.7 Å². The van der Waals surface area contributed by atoms with Crippen LogP contribution in [0.5, 0.6) is 11.5 Å². The Bertz CT molecular complexity index is 737. The van der Waals surface area contributed by atoms with E-state index in [1.54, 1.807) is 33.5 Å². The molecule has 2 aromatic rings. The maximum absolute atomic E-state index is 6.02. The number of anilines is 1. The van der Waals surface area contributed by atoms with Crippen LogP contribution in [-0.2, 0) is 4.74 Å². The van der Waals surface area contributed by atoms with Gasteiger partial charge in [0.1, 0.15) is 6.10 Å². The molecule has 0 aromatic heterocycles. The fraction of sp³-hybridized carbons (Fsp3) is 0.278. The summed E-state index contributed by atoms with van der Waals surface area (Å²) in [6.07, 6.45) is -0.232. The predicted molar refractivity (Wildman–Crippen MR) is 101 cm³/mol. The highest BCUT2D eigenvalue weighted by molar-refractivity contribution is 6.30. The van der Waals surface area contributed by atoms with Gasteiger partial charge in [-0.15, -0.1) is 0 Å². The molecule has 7 heteroatoms. The Labute approximate surface area is 152 Å². The quantitative estimate of drug-likeness (QED) is 0.581. The van der Waals surface area contributed by atoms with Crippen molar-refractivity contribution in [3.63, 3.8) is 0 Å². The van der Waals surface area contributed by atoms with Crippen molar-refractivity contribution in [2.24, 2.45) is 10.7 Å². The van der Waals surface area contributed by atoms with E-state index in [0.29, 0.717) is 23.1 Å². The molecule has 0 amide bonds. The van der Waals surface area contributed by atoms with Gasteiger partial charge in [0.25, 0.3) is 0 Å². The first-order valence-corrected chi connectivity index (χ1v) is 8.02. The molecule has 0 saturated heterocycles. The van der Waals surface area contributed by atoms with Gasteiger partial charge in [-0.05, 0) is 29.8 Å². The Hall–Kier alpha value is -2.44. The molecule has 6 nitrogen and oxygen atoms in total. The number of hydrogen-bond acceptors (Lipinski definition) is 4. The standard InChI is InChI=1S/C18H22ClN3O3/c1-23-15-8-7-14(10-16(15)24-2)22-18(20)21-11-17(25-3)12-5-4-6-13(19)9-12/h4-10,17H,11H2,1-3H3,(H3,20,21,22). The van der Waals surface area contributed by atoms with Gasteiger partial charge in [-0.3, -0.25) is 4.99 Å². The fourth-order valence-electron chi connectivity index (χ4n) is 2.31. The normalized spacial score (nSPS) is 12.6. The summed E-state index contributed by atoms with van der Waals surface area (Å²) in [6, 6.07) is 12.9. The second kappa shape index (κ2) is 9.15. The van der Waals surface area contributed by atoms with Crippen LogP contribution in [0, 0.1) is 0 Å². The van der Waals surface area contributed by atoms with Crippen LogP contribution in [0.3, 0.4) is 0 Å². The van der Waals surface area contributed by atoms with Gasteiger partial charge in [-0.2, -0.15) is 0 Å². The number of nitrogens with two attached hydrogens (primary N) is 1. The van der Waals surface area contributed by atoms with Gasteiger partial charge in [0, 0.05) is 23.9 Å². The molecule has 134 valence electrons. The number of ether oxygens (including phenoxy) is 3. The Morgan fingerprint density at radius 2 is 1.88 bits per heavy atom. The Morgan fingerprint density at radius 3 is 2.52 bits per heavy atom.